The number of Topliss-reactive ketones (excluding diaryl/α,β-unsaturated/α-hetero) is 1. The van der Waals surface area contributed by atoms with Crippen LogP contribution in [0.5, 0.6) is 0 Å². The van der Waals surface area contributed by atoms with Crippen LogP contribution in [0, 0.1) is 0 Å². The lowest BCUT2D eigenvalue weighted by atomic mass is 10.1. The maximum Gasteiger partial charge on any atom is 0.170 e. The van der Waals surface area contributed by atoms with Crippen LogP contribution in [0.1, 0.15) is 30.0 Å². The van der Waals surface area contributed by atoms with Gasteiger partial charge in [-0.1, -0.05) is 23.5 Å². The van der Waals surface area contributed by atoms with E-state index < -0.39 is 0 Å². The minimum Gasteiger partial charge on any atom is -0.354 e. The highest BCUT2D eigenvalue weighted by molar-refractivity contribution is 7.12. The molecule has 1 aliphatic rings. The predicted molar refractivity (Wildman–Crippen MR) is 130 cm³/mol. The van der Waals surface area contributed by atoms with E-state index in [0.29, 0.717) is 17.4 Å². The molecule has 9 heteroatoms. The summed E-state index contributed by atoms with van der Waals surface area (Å²) in [5.41, 5.74) is 4.09. The van der Waals surface area contributed by atoms with Gasteiger partial charge in [0, 0.05) is 61.1 Å². The summed E-state index contributed by atoms with van der Waals surface area (Å²) in [6, 6.07) is 10.1. The second-order valence-corrected chi connectivity index (χ2v) is 9.26. The molecule has 0 aliphatic carbocycles. The summed E-state index contributed by atoms with van der Waals surface area (Å²) >= 11 is 1.48. The first-order valence-corrected chi connectivity index (χ1v) is 12.0. The zero-order chi connectivity index (χ0) is 22.8. The Morgan fingerprint density at radius 2 is 1.94 bits per heavy atom. The largest absolute Gasteiger partial charge is 0.354 e. The second kappa shape index (κ2) is 9.29. The first-order valence-electron chi connectivity index (χ1n) is 11.1. The van der Waals surface area contributed by atoms with Gasteiger partial charge in [-0.25, -0.2) is 15.0 Å². The van der Waals surface area contributed by atoms with E-state index in [2.05, 4.69) is 48.8 Å². The van der Waals surface area contributed by atoms with Gasteiger partial charge in [0.2, 0.25) is 0 Å². The number of pyridine rings is 1. The number of hydrogen-bond donors (Lipinski definition) is 0. The fourth-order valence-corrected chi connectivity index (χ4v) is 4.61. The fraction of sp³-hybridized carbons (Fsp3) is 0.333. The Kier molecular flexibility index (Phi) is 6.06. The zero-order valence-corrected chi connectivity index (χ0v) is 19.5. The van der Waals surface area contributed by atoms with Gasteiger partial charge in [-0.3, -0.25) is 9.69 Å². The van der Waals surface area contributed by atoms with Crippen LogP contribution >= 0.6 is 11.3 Å². The van der Waals surface area contributed by atoms with E-state index in [1.165, 1.54) is 11.3 Å². The van der Waals surface area contributed by atoms with Gasteiger partial charge >= 0.3 is 0 Å². The van der Waals surface area contributed by atoms with Crippen molar-refractivity contribution in [2.75, 3.05) is 31.1 Å². The van der Waals surface area contributed by atoms with Gasteiger partial charge in [-0.05, 0) is 32.0 Å². The van der Waals surface area contributed by atoms with Gasteiger partial charge < -0.3 is 4.90 Å². The SMILES string of the molecule is CC(C)N1CCN(c2cc(C(=O)Cc3ncc4ccc(-c5nncs5)cc4n3)ccn2)CC1. The molecule has 0 bridgehead atoms. The highest BCUT2D eigenvalue weighted by Crippen LogP contribution is 2.24. The fourth-order valence-electron chi connectivity index (χ4n) is 4.06. The molecule has 5 rings (SSSR count). The second-order valence-electron chi connectivity index (χ2n) is 8.42. The molecule has 168 valence electrons. The number of rotatable bonds is 6. The maximum atomic E-state index is 13.0. The monoisotopic (exact) mass is 459 g/mol. The number of hydrogen-bond acceptors (Lipinski definition) is 9. The number of aromatic nitrogens is 5. The topological polar surface area (TPSA) is 88.0 Å². The van der Waals surface area contributed by atoms with E-state index in [1.54, 1.807) is 24.0 Å². The summed E-state index contributed by atoms with van der Waals surface area (Å²) in [7, 11) is 0. The minimum absolute atomic E-state index is 0.0147. The molecule has 8 nitrogen and oxygen atoms in total. The van der Waals surface area contributed by atoms with Gasteiger partial charge in [-0.15, -0.1) is 10.2 Å². The lowest BCUT2D eigenvalue weighted by Gasteiger charge is -2.37. The van der Waals surface area contributed by atoms with Crippen molar-refractivity contribution < 1.29 is 4.79 Å². The number of piperazine rings is 1. The molecule has 0 saturated carbocycles. The van der Waals surface area contributed by atoms with Gasteiger partial charge in [-0.2, -0.15) is 0 Å². The molecule has 1 aromatic carbocycles. The average molecular weight is 460 g/mol. The zero-order valence-electron chi connectivity index (χ0n) is 18.7. The van der Waals surface area contributed by atoms with Crippen LogP contribution in [-0.4, -0.2) is 68.1 Å². The molecule has 4 aromatic rings. The van der Waals surface area contributed by atoms with Crippen LogP contribution in [0.4, 0.5) is 5.82 Å². The van der Waals surface area contributed by atoms with Gasteiger partial charge in [0.25, 0.3) is 0 Å². The minimum atomic E-state index is -0.0147. The van der Waals surface area contributed by atoms with Gasteiger partial charge in [0.15, 0.2) is 5.78 Å². The lowest BCUT2D eigenvalue weighted by Crippen LogP contribution is -2.49. The number of anilines is 1. The molecule has 1 fully saturated rings. The third-order valence-corrected chi connectivity index (χ3v) is 6.73. The predicted octanol–water partition coefficient (Wildman–Crippen LogP) is 3.50. The number of ketones is 1. The van der Waals surface area contributed by atoms with E-state index in [9.17, 15) is 4.79 Å². The quantitative estimate of drug-likeness (QED) is 0.405. The number of benzene rings is 1. The molecular formula is C24H25N7OS. The third-order valence-electron chi connectivity index (χ3n) is 5.99. The Balaban J connectivity index is 1.32. The molecule has 1 saturated heterocycles. The highest BCUT2D eigenvalue weighted by atomic mass is 32.1. The van der Waals surface area contributed by atoms with Crippen molar-refractivity contribution >= 4 is 33.8 Å². The molecule has 0 amide bonds. The van der Waals surface area contributed by atoms with Gasteiger partial charge in [0.05, 0.1) is 11.9 Å². The molecule has 0 N–H and O–H groups in total. The number of carbonyl (C=O) groups is 1. The third kappa shape index (κ3) is 4.74. The molecule has 0 spiro atoms. The Labute approximate surface area is 196 Å². The number of carbonyl (C=O) groups excluding carboxylic acids is 1. The number of nitrogens with zero attached hydrogens (tertiary/aromatic N) is 7. The van der Waals surface area contributed by atoms with Crippen molar-refractivity contribution in [2.24, 2.45) is 0 Å². The van der Waals surface area contributed by atoms with E-state index in [-0.39, 0.29) is 12.2 Å². The smallest absolute Gasteiger partial charge is 0.170 e. The lowest BCUT2D eigenvalue weighted by molar-refractivity contribution is 0.0991. The number of fused-ring (bicyclic) bond motifs is 1. The van der Waals surface area contributed by atoms with E-state index in [4.69, 9.17) is 0 Å². The van der Waals surface area contributed by atoms with E-state index >= 15 is 0 Å². The van der Waals surface area contributed by atoms with Crippen LogP contribution < -0.4 is 4.90 Å². The summed E-state index contributed by atoms with van der Waals surface area (Å²) in [4.78, 5) is 31.3. The first kappa shape index (κ1) is 21.5. The molecular weight excluding hydrogens is 434 g/mol. The van der Waals surface area contributed by atoms with Crippen molar-refractivity contribution in [1.29, 1.82) is 0 Å². The summed E-state index contributed by atoms with van der Waals surface area (Å²) in [6.07, 6.45) is 3.62. The summed E-state index contributed by atoms with van der Waals surface area (Å²) < 4.78 is 0. The Morgan fingerprint density at radius 1 is 1.09 bits per heavy atom. The molecule has 0 radical (unpaired) electrons. The van der Waals surface area contributed by atoms with Gasteiger partial charge in [0.1, 0.15) is 22.2 Å². The van der Waals surface area contributed by atoms with Crippen LogP contribution in [0.25, 0.3) is 21.5 Å². The molecule has 0 atom stereocenters. The molecule has 3 aromatic heterocycles. The van der Waals surface area contributed by atoms with Crippen molar-refractivity contribution in [3.05, 3.63) is 59.6 Å². The van der Waals surface area contributed by atoms with Crippen LogP contribution in [-0.2, 0) is 6.42 Å². The average Bonchev–Trinajstić information content (AvgIpc) is 3.39. The van der Waals surface area contributed by atoms with Crippen molar-refractivity contribution in [1.82, 2.24) is 30.0 Å². The normalized spacial score (nSPS) is 14.8. The van der Waals surface area contributed by atoms with Crippen LogP contribution in [0.3, 0.4) is 0 Å². The molecule has 0 unspecified atom stereocenters. The van der Waals surface area contributed by atoms with E-state index in [0.717, 1.165) is 53.5 Å². The van der Waals surface area contributed by atoms with Crippen LogP contribution in [0.15, 0.2) is 48.2 Å². The summed E-state index contributed by atoms with van der Waals surface area (Å²) in [6.45, 7) is 8.27. The Hall–Kier alpha value is -3.30. The first-order chi connectivity index (χ1) is 16.1. The summed E-state index contributed by atoms with van der Waals surface area (Å²) in [5.74, 6) is 1.34. The highest BCUT2D eigenvalue weighted by Gasteiger charge is 2.20. The van der Waals surface area contributed by atoms with Crippen LogP contribution in [0.2, 0.25) is 0 Å². The Bertz CT molecular complexity index is 1270. The van der Waals surface area contributed by atoms with E-state index in [1.807, 2.05) is 24.3 Å². The molecule has 33 heavy (non-hydrogen) atoms. The molecule has 4 heterocycles. The standard InChI is InChI=1S/C24H25N7OS/c1-16(2)30-7-9-31(10-8-30)23-12-17(5-6-25-23)21(32)13-22-26-14-19-4-3-18(11-20(19)28-22)24-29-27-15-33-24/h3-6,11-12,14-16H,7-10,13H2,1-2H3. The van der Waals surface area contributed by atoms with Crippen molar-refractivity contribution in [3.8, 4) is 10.6 Å². The van der Waals surface area contributed by atoms with Crippen molar-refractivity contribution in [3.63, 3.8) is 0 Å². The molecule has 1 aliphatic heterocycles. The Morgan fingerprint density at radius 3 is 2.70 bits per heavy atom. The summed E-state index contributed by atoms with van der Waals surface area (Å²) in [5, 5.41) is 9.78. The maximum absolute atomic E-state index is 13.0. The van der Waals surface area contributed by atoms with Crippen molar-refractivity contribution in [2.45, 2.75) is 26.3 Å².